The highest BCUT2D eigenvalue weighted by Crippen LogP contribution is 2.39. The first kappa shape index (κ1) is 20.6. The molecule has 8 nitrogen and oxygen atoms in total. The number of thioether (sulfide) groups is 1. The molecule has 0 unspecified atom stereocenters. The molecule has 0 aliphatic rings. The zero-order chi connectivity index (χ0) is 21.0. The Morgan fingerprint density at radius 2 is 2.07 bits per heavy atom. The molecule has 0 aliphatic carbocycles. The molecule has 0 spiro atoms. The van der Waals surface area contributed by atoms with E-state index < -0.39 is 5.56 Å². The van der Waals surface area contributed by atoms with Crippen LogP contribution in [0, 0.1) is 11.3 Å². The third kappa shape index (κ3) is 4.47. The van der Waals surface area contributed by atoms with Gasteiger partial charge in [0.2, 0.25) is 5.91 Å². The molecule has 29 heavy (non-hydrogen) atoms. The van der Waals surface area contributed by atoms with Gasteiger partial charge in [0.05, 0.1) is 34.4 Å². The number of hydrogen-bond donors (Lipinski definition) is 3. The van der Waals surface area contributed by atoms with E-state index in [2.05, 4.69) is 10.3 Å². The molecule has 0 saturated heterocycles. The number of carbonyl (C=O) groups excluding carboxylic acids is 1. The first-order valence-electron chi connectivity index (χ1n) is 8.36. The molecular weight excluding hydrogens is 414 g/mol. The molecule has 0 atom stereocenters. The van der Waals surface area contributed by atoms with Crippen LogP contribution in [-0.2, 0) is 11.3 Å². The second kappa shape index (κ2) is 8.89. The molecule has 2 aromatic heterocycles. The van der Waals surface area contributed by atoms with Crippen molar-refractivity contribution in [1.82, 2.24) is 10.3 Å². The Bertz CT molecular complexity index is 1160. The number of thiophene rings is 1. The standard InChI is InChI=1S/C19H17N3O5S2/c1-26-13-4-3-10(5-14(13)27-2)8-21-16(25)9-28-19-11(7-20)17-18(29-19)12(23)6-15(24)22-17/h3-6H,8-9H2,1-2H3,(H,21,25)(H2,22,23,24). The van der Waals surface area contributed by atoms with Crippen LogP contribution in [0.4, 0.5) is 0 Å². The van der Waals surface area contributed by atoms with Gasteiger partial charge in [0.15, 0.2) is 11.5 Å². The number of aromatic hydroxyl groups is 1. The molecule has 0 fully saturated rings. The largest absolute Gasteiger partial charge is 0.506 e. The molecule has 0 bridgehead atoms. The number of ether oxygens (including phenoxy) is 2. The molecule has 3 rings (SSSR count). The number of nitrogens with zero attached hydrogens (tertiary/aromatic N) is 1. The fourth-order valence-electron chi connectivity index (χ4n) is 2.64. The summed E-state index contributed by atoms with van der Waals surface area (Å²) in [5.74, 6) is 0.859. The Hall–Kier alpha value is -3.16. The zero-order valence-electron chi connectivity index (χ0n) is 15.6. The van der Waals surface area contributed by atoms with Gasteiger partial charge in [-0.2, -0.15) is 5.26 Å². The number of fused-ring (bicyclic) bond motifs is 1. The van der Waals surface area contributed by atoms with Crippen LogP contribution in [0.25, 0.3) is 10.2 Å². The minimum atomic E-state index is -0.492. The van der Waals surface area contributed by atoms with Gasteiger partial charge in [-0.15, -0.1) is 23.1 Å². The van der Waals surface area contributed by atoms with Gasteiger partial charge in [-0.3, -0.25) is 9.59 Å². The lowest BCUT2D eigenvalue weighted by atomic mass is 10.2. The highest BCUT2D eigenvalue weighted by atomic mass is 32.2. The van der Waals surface area contributed by atoms with E-state index in [9.17, 15) is 20.0 Å². The minimum absolute atomic E-state index is 0.0831. The van der Waals surface area contributed by atoms with Crippen molar-refractivity contribution in [3.63, 3.8) is 0 Å². The van der Waals surface area contributed by atoms with E-state index in [0.29, 0.717) is 27.0 Å². The van der Waals surface area contributed by atoms with E-state index in [1.54, 1.807) is 26.4 Å². The number of pyridine rings is 1. The number of methoxy groups -OCH3 is 2. The number of carbonyl (C=O) groups is 1. The van der Waals surface area contributed by atoms with Crippen LogP contribution >= 0.6 is 23.1 Å². The van der Waals surface area contributed by atoms with E-state index >= 15 is 0 Å². The predicted octanol–water partition coefficient (Wildman–Crippen LogP) is 2.59. The van der Waals surface area contributed by atoms with Crippen LogP contribution in [0.2, 0.25) is 0 Å². The molecule has 3 aromatic rings. The molecule has 1 amide bonds. The summed E-state index contributed by atoms with van der Waals surface area (Å²) in [6.07, 6.45) is 0. The van der Waals surface area contributed by atoms with Crippen LogP contribution in [0.3, 0.4) is 0 Å². The fraction of sp³-hybridized carbons (Fsp3) is 0.211. The topological polar surface area (TPSA) is 124 Å². The lowest BCUT2D eigenvalue weighted by molar-refractivity contribution is -0.118. The summed E-state index contributed by atoms with van der Waals surface area (Å²) in [6, 6.07) is 8.46. The zero-order valence-corrected chi connectivity index (χ0v) is 17.2. The number of hydrogen-bond acceptors (Lipinski definition) is 8. The van der Waals surface area contributed by atoms with E-state index in [1.807, 2.05) is 12.1 Å². The number of nitriles is 1. The van der Waals surface area contributed by atoms with Gasteiger partial charge in [-0.05, 0) is 17.7 Å². The summed E-state index contributed by atoms with van der Waals surface area (Å²) in [5, 5.41) is 22.1. The van der Waals surface area contributed by atoms with E-state index in [1.165, 1.54) is 11.8 Å². The summed E-state index contributed by atoms with van der Waals surface area (Å²) in [5.41, 5.74) is 0.892. The first-order chi connectivity index (χ1) is 14.0. The maximum Gasteiger partial charge on any atom is 0.252 e. The van der Waals surface area contributed by atoms with Crippen molar-refractivity contribution in [2.45, 2.75) is 10.8 Å². The third-order valence-electron chi connectivity index (χ3n) is 4.01. The Balaban J connectivity index is 1.66. The quantitative estimate of drug-likeness (QED) is 0.491. The highest BCUT2D eigenvalue weighted by Gasteiger charge is 2.17. The van der Waals surface area contributed by atoms with Crippen molar-refractivity contribution in [1.29, 1.82) is 5.26 Å². The fourth-order valence-corrected chi connectivity index (χ4v) is 4.81. The van der Waals surface area contributed by atoms with Gasteiger partial charge < -0.3 is 24.9 Å². The SMILES string of the molecule is COc1ccc(CNC(=O)CSc2sc3c(O)cc(=O)[nH]c3c2C#N)cc1OC. The molecule has 10 heteroatoms. The Morgan fingerprint density at radius 3 is 2.76 bits per heavy atom. The summed E-state index contributed by atoms with van der Waals surface area (Å²) < 4.78 is 11.4. The molecule has 2 heterocycles. The maximum absolute atomic E-state index is 12.2. The number of rotatable bonds is 7. The average molecular weight is 431 g/mol. The third-order valence-corrected chi connectivity index (χ3v) is 6.49. The Morgan fingerprint density at radius 1 is 1.31 bits per heavy atom. The lowest BCUT2D eigenvalue weighted by Gasteiger charge is -2.10. The predicted molar refractivity (Wildman–Crippen MR) is 111 cm³/mol. The van der Waals surface area contributed by atoms with Crippen molar-refractivity contribution in [3.8, 4) is 23.3 Å². The van der Waals surface area contributed by atoms with E-state index in [-0.39, 0.29) is 28.5 Å². The van der Waals surface area contributed by atoms with Gasteiger partial charge in [0.1, 0.15) is 17.4 Å². The molecule has 1 aromatic carbocycles. The smallest absolute Gasteiger partial charge is 0.252 e. The molecule has 3 N–H and O–H groups in total. The van der Waals surface area contributed by atoms with Crippen molar-refractivity contribution in [2.75, 3.05) is 20.0 Å². The molecular formula is C19H17N3O5S2. The number of nitrogens with one attached hydrogen (secondary N) is 2. The minimum Gasteiger partial charge on any atom is -0.506 e. The van der Waals surface area contributed by atoms with Crippen molar-refractivity contribution in [3.05, 3.63) is 45.7 Å². The second-order valence-corrected chi connectivity index (χ2v) is 8.12. The monoisotopic (exact) mass is 431 g/mol. The number of amides is 1. The van der Waals surface area contributed by atoms with Gasteiger partial charge >= 0.3 is 0 Å². The summed E-state index contributed by atoms with van der Waals surface area (Å²) in [6.45, 7) is 0.311. The Labute approximate surface area is 174 Å². The number of aromatic amines is 1. The van der Waals surface area contributed by atoms with Crippen LogP contribution < -0.4 is 20.3 Å². The second-order valence-electron chi connectivity index (χ2n) is 5.85. The average Bonchev–Trinajstić information content (AvgIpc) is 3.08. The van der Waals surface area contributed by atoms with Gasteiger partial charge in [0, 0.05) is 12.6 Å². The summed E-state index contributed by atoms with van der Waals surface area (Å²) in [4.78, 5) is 26.3. The molecule has 0 saturated carbocycles. The van der Waals surface area contributed by atoms with Crippen LogP contribution in [0.1, 0.15) is 11.1 Å². The number of aromatic nitrogens is 1. The van der Waals surface area contributed by atoms with Gasteiger partial charge in [-0.1, -0.05) is 6.07 Å². The van der Waals surface area contributed by atoms with Crippen molar-refractivity contribution in [2.24, 2.45) is 0 Å². The lowest BCUT2D eigenvalue weighted by Crippen LogP contribution is -2.24. The van der Waals surface area contributed by atoms with Crippen LogP contribution in [-0.4, -0.2) is 36.0 Å². The normalized spacial score (nSPS) is 10.5. The van der Waals surface area contributed by atoms with Crippen molar-refractivity contribution >= 4 is 39.2 Å². The molecule has 150 valence electrons. The van der Waals surface area contributed by atoms with E-state index in [4.69, 9.17) is 9.47 Å². The first-order valence-corrected chi connectivity index (χ1v) is 10.2. The summed E-state index contributed by atoms with van der Waals surface area (Å²) >= 11 is 2.33. The van der Waals surface area contributed by atoms with Crippen LogP contribution in [0.15, 0.2) is 33.3 Å². The molecule has 0 radical (unpaired) electrons. The van der Waals surface area contributed by atoms with Crippen LogP contribution in [0.5, 0.6) is 17.2 Å². The maximum atomic E-state index is 12.2. The van der Waals surface area contributed by atoms with Gasteiger partial charge in [-0.25, -0.2) is 0 Å². The number of H-pyrrole nitrogens is 1. The highest BCUT2D eigenvalue weighted by molar-refractivity contribution is 8.02. The Kier molecular flexibility index (Phi) is 6.31. The van der Waals surface area contributed by atoms with Crippen molar-refractivity contribution < 1.29 is 19.4 Å². The van der Waals surface area contributed by atoms with Gasteiger partial charge in [0.25, 0.3) is 5.56 Å². The molecule has 0 aliphatic heterocycles. The number of benzene rings is 1. The summed E-state index contributed by atoms with van der Waals surface area (Å²) in [7, 11) is 3.09. The van der Waals surface area contributed by atoms with E-state index in [0.717, 1.165) is 23.0 Å².